The highest BCUT2D eigenvalue weighted by molar-refractivity contribution is 9.10. The van der Waals surface area contributed by atoms with E-state index >= 15 is 0 Å². The lowest BCUT2D eigenvalue weighted by Crippen LogP contribution is -2.18. The third-order valence-electron chi connectivity index (χ3n) is 3.37. The molecule has 3 nitrogen and oxygen atoms in total. The van der Waals surface area contributed by atoms with Crippen molar-refractivity contribution in [2.45, 2.75) is 13.5 Å². The first-order chi connectivity index (χ1) is 10.1. The van der Waals surface area contributed by atoms with Gasteiger partial charge in [0.1, 0.15) is 6.54 Å². The molecular weight excluding hydrogens is 328 g/mol. The number of aromatic nitrogens is 1. The van der Waals surface area contributed by atoms with E-state index in [1.165, 1.54) is 5.56 Å². The summed E-state index contributed by atoms with van der Waals surface area (Å²) in [6, 6.07) is 15.8. The van der Waals surface area contributed by atoms with E-state index in [0.29, 0.717) is 6.54 Å². The molecule has 3 aromatic rings. The Morgan fingerprint density at radius 1 is 1.14 bits per heavy atom. The van der Waals surface area contributed by atoms with Crippen molar-refractivity contribution in [1.29, 1.82) is 0 Å². The number of hydrogen-bond donors (Lipinski definition) is 1. The Labute approximate surface area is 131 Å². The van der Waals surface area contributed by atoms with Crippen LogP contribution in [-0.2, 0) is 11.3 Å². The topological polar surface area (TPSA) is 34.0 Å². The summed E-state index contributed by atoms with van der Waals surface area (Å²) in [5.74, 6) is -0.0320. The molecule has 21 heavy (non-hydrogen) atoms. The third kappa shape index (κ3) is 3.16. The Hall–Kier alpha value is -2.07. The van der Waals surface area contributed by atoms with E-state index in [9.17, 15) is 4.79 Å². The monoisotopic (exact) mass is 342 g/mol. The number of benzene rings is 2. The number of anilines is 1. The summed E-state index contributed by atoms with van der Waals surface area (Å²) in [7, 11) is 0. The largest absolute Gasteiger partial charge is 0.338 e. The molecule has 1 aromatic heterocycles. The second-order valence-corrected chi connectivity index (χ2v) is 5.98. The van der Waals surface area contributed by atoms with Crippen molar-refractivity contribution >= 4 is 38.4 Å². The molecular formula is C17H15BrN2O. The van der Waals surface area contributed by atoms with E-state index in [4.69, 9.17) is 0 Å². The van der Waals surface area contributed by atoms with Crippen molar-refractivity contribution in [3.63, 3.8) is 0 Å². The van der Waals surface area contributed by atoms with Crippen LogP contribution in [0.2, 0.25) is 0 Å². The van der Waals surface area contributed by atoms with Gasteiger partial charge in [0.15, 0.2) is 0 Å². The summed E-state index contributed by atoms with van der Waals surface area (Å²) in [6.45, 7) is 2.37. The fraction of sp³-hybridized carbons (Fsp3) is 0.118. The fourth-order valence-electron chi connectivity index (χ4n) is 2.35. The predicted molar refractivity (Wildman–Crippen MR) is 89.4 cm³/mol. The van der Waals surface area contributed by atoms with Crippen molar-refractivity contribution in [3.05, 3.63) is 64.8 Å². The molecule has 2 aromatic carbocycles. The van der Waals surface area contributed by atoms with Crippen LogP contribution >= 0.6 is 15.9 Å². The Balaban J connectivity index is 1.75. The lowest BCUT2D eigenvalue weighted by Gasteiger charge is -2.08. The average Bonchev–Trinajstić information content (AvgIpc) is 2.83. The molecule has 0 saturated heterocycles. The zero-order valence-electron chi connectivity index (χ0n) is 11.6. The van der Waals surface area contributed by atoms with Crippen molar-refractivity contribution in [2.24, 2.45) is 0 Å². The van der Waals surface area contributed by atoms with Crippen LogP contribution in [0.5, 0.6) is 0 Å². The summed E-state index contributed by atoms with van der Waals surface area (Å²) >= 11 is 3.38. The van der Waals surface area contributed by atoms with Gasteiger partial charge >= 0.3 is 0 Å². The lowest BCUT2D eigenvalue weighted by molar-refractivity contribution is -0.116. The molecule has 0 aliphatic carbocycles. The molecule has 0 fully saturated rings. The zero-order valence-corrected chi connectivity index (χ0v) is 13.2. The maximum Gasteiger partial charge on any atom is 0.244 e. The van der Waals surface area contributed by atoms with Gasteiger partial charge in [-0.05, 0) is 54.8 Å². The molecule has 1 N–H and O–H groups in total. The van der Waals surface area contributed by atoms with Crippen LogP contribution in [-0.4, -0.2) is 10.5 Å². The van der Waals surface area contributed by atoms with Crippen LogP contribution in [0.1, 0.15) is 5.56 Å². The summed E-state index contributed by atoms with van der Waals surface area (Å²) in [6.07, 6.45) is 1.95. The van der Waals surface area contributed by atoms with Crippen LogP contribution in [0.15, 0.2) is 59.2 Å². The summed E-state index contributed by atoms with van der Waals surface area (Å²) in [4.78, 5) is 12.1. The van der Waals surface area contributed by atoms with E-state index in [1.54, 1.807) is 0 Å². The zero-order chi connectivity index (χ0) is 14.8. The van der Waals surface area contributed by atoms with Crippen molar-refractivity contribution in [1.82, 2.24) is 4.57 Å². The molecule has 106 valence electrons. The van der Waals surface area contributed by atoms with Gasteiger partial charge < -0.3 is 9.88 Å². The van der Waals surface area contributed by atoms with Crippen LogP contribution in [0, 0.1) is 6.92 Å². The number of carbonyl (C=O) groups is 1. The first kappa shape index (κ1) is 13.9. The van der Waals surface area contributed by atoms with E-state index in [2.05, 4.69) is 46.4 Å². The molecule has 1 heterocycles. The minimum Gasteiger partial charge on any atom is -0.338 e. The number of nitrogens with one attached hydrogen (secondary N) is 1. The molecule has 0 atom stereocenters. The number of aryl methyl sites for hydroxylation is 1. The Bertz CT molecular complexity index is 790. The van der Waals surface area contributed by atoms with Crippen LogP contribution in [0.4, 0.5) is 5.69 Å². The maximum absolute atomic E-state index is 12.1. The van der Waals surface area contributed by atoms with Gasteiger partial charge in [0, 0.05) is 21.9 Å². The van der Waals surface area contributed by atoms with E-state index < -0.39 is 0 Å². The van der Waals surface area contributed by atoms with Gasteiger partial charge in [0.25, 0.3) is 0 Å². The van der Waals surface area contributed by atoms with E-state index in [0.717, 1.165) is 21.1 Å². The highest BCUT2D eigenvalue weighted by Gasteiger charge is 2.06. The number of halogens is 1. The molecule has 0 aliphatic heterocycles. The second-order valence-electron chi connectivity index (χ2n) is 5.06. The minimum absolute atomic E-state index is 0.0320. The molecule has 3 rings (SSSR count). The number of hydrogen-bond acceptors (Lipinski definition) is 1. The standard InChI is InChI=1S/C17H15BrN2O/c1-12-2-7-16-13(10-12)8-9-20(16)11-17(21)19-15-5-3-14(18)4-6-15/h2-10H,11H2,1H3,(H,19,21). The van der Waals surface area contributed by atoms with Crippen LogP contribution in [0.25, 0.3) is 10.9 Å². The molecule has 0 bridgehead atoms. The maximum atomic E-state index is 12.1. The molecule has 0 aliphatic rings. The first-order valence-electron chi connectivity index (χ1n) is 6.73. The van der Waals surface area contributed by atoms with E-state index in [1.807, 2.05) is 41.1 Å². The van der Waals surface area contributed by atoms with E-state index in [-0.39, 0.29) is 5.91 Å². The average molecular weight is 343 g/mol. The first-order valence-corrected chi connectivity index (χ1v) is 7.52. The molecule has 0 unspecified atom stereocenters. The van der Waals surface area contributed by atoms with Gasteiger partial charge in [-0.25, -0.2) is 0 Å². The number of fused-ring (bicyclic) bond motifs is 1. The quantitative estimate of drug-likeness (QED) is 0.754. The van der Waals surface area contributed by atoms with Crippen molar-refractivity contribution < 1.29 is 4.79 Å². The third-order valence-corrected chi connectivity index (χ3v) is 3.90. The van der Waals surface area contributed by atoms with Crippen molar-refractivity contribution in [2.75, 3.05) is 5.32 Å². The van der Waals surface area contributed by atoms with Crippen LogP contribution in [0.3, 0.4) is 0 Å². The van der Waals surface area contributed by atoms with Gasteiger partial charge in [0.05, 0.1) is 0 Å². The lowest BCUT2D eigenvalue weighted by atomic mass is 10.2. The van der Waals surface area contributed by atoms with Gasteiger partial charge in [-0.15, -0.1) is 0 Å². The highest BCUT2D eigenvalue weighted by atomic mass is 79.9. The SMILES string of the molecule is Cc1ccc2c(ccn2CC(=O)Nc2ccc(Br)cc2)c1. The second kappa shape index (κ2) is 5.74. The summed E-state index contributed by atoms with van der Waals surface area (Å²) in [5, 5.41) is 4.06. The number of nitrogens with zero attached hydrogens (tertiary/aromatic N) is 1. The Morgan fingerprint density at radius 3 is 2.67 bits per heavy atom. The van der Waals surface area contributed by atoms with Crippen LogP contribution < -0.4 is 5.32 Å². The Morgan fingerprint density at radius 2 is 1.90 bits per heavy atom. The highest BCUT2D eigenvalue weighted by Crippen LogP contribution is 2.18. The van der Waals surface area contributed by atoms with Gasteiger partial charge in [0.2, 0.25) is 5.91 Å². The summed E-state index contributed by atoms with van der Waals surface area (Å²) < 4.78 is 2.95. The number of amides is 1. The summed E-state index contributed by atoms with van der Waals surface area (Å²) in [5.41, 5.74) is 3.10. The fourth-order valence-corrected chi connectivity index (χ4v) is 2.61. The number of carbonyl (C=O) groups excluding carboxylic acids is 1. The normalized spacial score (nSPS) is 10.8. The predicted octanol–water partition coefficient (Wildman–Crippen LogP) is 4.35. The smallest absolute Gasteiger partial charge is 0.244 e. The van der Waals surface area contributed by atoms with Crippen molar-refractivity contribution in [3.8, 4) is 0 Å². The molecule has 1 amide bonds. The number of rotatable bonds is 3. The molecule has 4 heteroatoms. The minimum atomic E-state index is -0.0320. The molecule has 0 saturated carbocycles. The van der Waals surface area contributed by atoms with Gasteiger partial charge in [-0.2, -0.15) is 0 Å². The van der Waals surface area contributed by atoms with Gasteiger partial charge in [-0.1, -0.05) is 27.6 Å². The van der Waals surface area contributed by atoms with Gasteiger partial charge in [-0.3, -0.25) is 4.79 Å². The molecule has 0 spiro atoms. The Kier molecular flexibility index (Phi) is 3.80. The molecule has 0 radical (unpaired) electrons.